The van der Waals surface area contributed by atoms with Gasteiger partial charge in [-0.25, -0.2) is 0 Å². The van der Waals surface area contributed by atoms with Gasteiger partial charge in [-0.2, -0.15) is 5.21 Å². The van der Waals surface area contributed by atoms with Gasteiger partial charge in [0, 0.05) is 33.1 Å². The first-order valence-corrected chi connectivity index (χ1v) is 15.1. The first-order chi connectivity index (χ1) is 21.4. The zero-order chi connectivity index (χ0) is 30.9. The Bertz CT molecular complexity index is 1590. The topological polar surface area (TPSA) is 142 Å². The van der Waals surface area contributed by atoms with Crippen LogP contribution in [0.1, 0.15) is 71.1 Å². The number of amidine groups is 1. The van der Waals surface area contributed by atoms with Crippen molar-refractivity contribution >= 4 is 52.6 Å². The molecule has 2 N–H and O–H groups in total. The van der Waals surface area contributed by atoms with Crippen LogP contribution in [-0.4, -0.2) is 49.2 Å². The number of hydrogen-bond donors (Lipinski definition) is 2. The third kappa shape index (κ3) is 8.08. The Morgan fingerprint density at radius 1 is 1.09 bits per heavy atom. The van der Waals surface area contributed by atoms with Gasteiger partial charge in [0.05, 0.1) is 0 Å². The number of amides is 1. The van der Waals surface area contributed by atoms with E-state index in [4.69, 9.17) is 28.8 Å². The van der Waals surface area contributed by atoms with Crippen LogP contribution in [0.4, 0.5) is 11.6 Å². The zero-order valence-electron chi connectivity index (χ0n) is 23.8. The smallest absolute Gasteiger partial charge is 0.270 e. The van der Waals surface area contributed by atoms with E-state index in [1.54, 1.807) is 36.4 Å². The zero-order valence-corrected chi connectivity index (χ0v) is 25.4. The number of nitrogens with one attached hydrogen (secondary N) is 2. The van der Waals surface area contributed by atoms with Crippen LogP contribution in [0.3, 0.4) is 0 Å². The molecule has 1 aliphatic carbocycles. The first kappa shape index (κ1) is 30.9. The minimum absolute atomic E-state index is 0.0661. The quantitative estimate of drug-likeness (QED) is 0.0622. The Labute approximate surface area is 264 Å². The number of carbonyl (C=O) groups is 1. The summed E-state index contributed by atoms with van der Waals surface area (Å²) in [7, 11) is 0. The number of carbonyl (C=O) groups excluding carboxylic acids is 1. The van der Waals surface area contributed by atoms with Crippen molar-refractivity contribution in [3.05, 3.63) is 110 Å². The largest absolute Gasteiger partial charge is 0.320 e. The van der Waals surface area contributed by atoms with Crippen molar-refractivity contribution in [1.82, 2.24) is 20.6 Å². The number of thiocarbonyl (C=S) groups is 1. The molecular formula is C31H31ClN8O3S. The number of tetrazole rings is 1. The fourth-order valence-corrected chi connectivity index (χ4v) is 5.69. The number of aliphatic imine (C=N–C) groups is 1. The van der Waals surface area contributed by atoms with Crippen molar-refractivity contribution in [2.45, 2.75) is 50.6 Å². The number of rotatable bonds is 11. The third-order valence-electron chi connectivity index (χ3n) is 7.62. The number of aromatic amines is 1. The lowest BCUT2D eigenvalue weighted by atomic mass is 9.84. The molecule has 1 aromatic heterocycles. The van der Waals surface area contributed by atoms with Crippen molar-refractivity contribution in [1.29, 1.82) is 0 Å². The Balaban J connectivity index is 1.47. The molecule has 11 nitrogen and oxygen atoms in total. The standard InChI is InChI=1S/C31H31ClN8O3S/c32-26-14-10-24(11-15-26)28(20-44)33-29(19-40(42)43)39(27-16-12-23(13-17-27)22-4-2-1-3-5-22)18-21-6-8-25(9-7-21)30(41)34-31-35-37-38-36-31/h6-17,20,22,28H,1-5,18-19H2,(H2,34,35,36,37,38,41). The lowest BCUT2D eigenvalue weighted by molar-refractivity contribution is -0.463. The normalized spacial score (nSPS) is 14.5. The van der Waals surface area contributed by atoms with Crippen LogP contribution in [-0.2, 0) is 6.54 Å². The molecule has 13 heteroatoms. The van der Waals surface area contributed by atoms with Gasteiger partial charge in [-0.3, -0.25) is 25.2 Å². The van der Waals surface area contributed by atoms with E-state index in [1.165, 1.54) is 43.0 Å². The van der Waals surface area contributed by atoms with Crippen molar-refractivity contribution < 1.29 is 9.72 Å². The predicted molar refractivity (Wildman–Crippen MR) is 174 cm³/mol. The monoisotopic (exact) mass is 630 g/mol. The number of H-pyrrole nitrogens is 1. The van der Waals surface area contributed by atoms with Gasteiger partial charge in [0.15, 0.2) is 5.84 Å². The number of nitrogens with zero attached hydrogens (tertiary/aromatic N) is 6. The molecule has 1 fully saturated rings. The van der Waals surface area contributed by atoms with E-state index >= 15 is 0 Å². The average molecular weight is 631 g/mol. The van der Waals surface area contributed by atoms with Crippen LogP contribution in [0.25, 0.3) is 0 Å². The fraction of sp³-hybridized carbons (Fsp3) is 0.290. The number of aromatic nitrogens is 4. The molecule has 0 radical (unpaired) electrons. The molecule has 1 saturated carbocycles. The molecule has 0 aliphatic heterocycles. The highest BCUT2D eigenvalue weighted by Crippen LogP contribution is 2.34. The predicted octanol–water partition coefficient (Wildman–Crippen LogP) is 6.58. The summed E-state index contributed by atoms with van der Waals surface area (Å²) in [4.78, 5) is 30.8. The summed E-state index contributed by atoms with van der Waals surface area (Å²) >= 11 is 11.4. The maximum Gasteiger partial charge on any atom is 0.270 e. The van der Waals surface area contributed by atoms with E-state index in [-0.39, 0.29) is 18.3 Å². The van der Waals surface area contributed by atoms with Crippen molar-refractivity contribution in [2.24, 2.45) is 4.99 Å². The van der Waals surface area contributed by atoms with E-state index in [1.807, 2.05) is 29.2 Å². The molecule has 0 saturated heterocycles. The molecule has 3 aromatic carbocycles. The summed E-state index contributed by atoms with van der Waals surface area (Å²) in [6.07, 6.45) is 6.06. The van der Waals surface area contributed by atoms with Crippen LogP contribution in [0.15, 0.2) is 77.8 Å². The van der Waals surface area contributed by atoms with Gasteiger partial charge in [-0.1, -0.05) is 84.6 Å². The van der Waals surface area contributed by atoms with E-state index < -0.39 is 23.4 Å². The lowest BCUT2D eigenvalue weighted by Crippen LogP contribution is -2.36. The van der Waals surface area contributed by atoms with Gasteiger partial charge in [-0.05, 0) is 77.1 Å². The van der Waals surface area contributed by atoms with Gasteiger partial charge >= 0.3 is 0 Å². The van der Waals surface area contributed by atoms with Gasteiger partial charge in [0.25, 0.3) is 18.4 Å². The molecule has 1 atom stereocenters. The van der Waals surface area contributed by atoms with Crippen molar-refractivity contribution in [3.8, 4) is 0 Å². The van der Waals surface area contributed by atoms with Crippen molar-refractivity contribution in [3.63, 3.8) is 0 Å². The van der Waals surface area contributed by atoms with Crippen LogP contribution >= 0.6 is 23.8 Å². The van der Waals surface area contributed by atoms with E-state index in [2.05, 4.69) is 38.1 Å². The average Bonchev–Trinajstić information content (AvgIpc) is 3.56. The second kappa shape index (κ2) is 14.8. The molecule has 1 amide bonds. The molecule has 0 spiro atoms. The van der Waals surface area contributed by atoms with Crippen LogP contribution in [0, 0.1) is 10.1 Å². The Hall–Kier alpha value is -4.55. The summed E-state index contributed by atoms with van der Waals surface area (Å²) in [5, 5.41) is 29.8. The summed E-state index contributed by atoms with van der Waals surface area (Å²) in [5.74, 6) is 0.445. The highest BCUT2D eigenvalue weighted by molar-refractivity contribution is 7.79. The maximum absolute atomic E-state index is 12.6. The van der Waals surface area contributed by atoms with Gasteiger partial charge in [0.1, 0.15) is 6.04 Å². The molecule has 5 rings (SSSR count). The Kier molecular flexibility index (Phi) is 10.4. The fourth-order valence-electron chi connectivity index (χ4n) is 5.34. The van der Waals surface area contributed by atoms with E-state index in [9.17, 15) is 14.9 Å². The molecule has 226 valence electrons. The highest BCUT2D eigenvalue weighted by Gasteiger charge is 2.23. The number of nitro groups is 1. The first-order valence-electron chi connectivity index (χ1n) is 14.3. The molecule has 0 bridgehead atoms. The molecule has 1 unspecified atom stereocenters. The minimum atomic E-state index is -0.600. The minimum Gasteiger partial charge on any atom is -0.320 e. The molecular weight excluding hydrogens is 600 g/mol. The van der Waals surface area contributed by atoms with Crippen LogP contribution in [0.2, 0.25) is 5.02 Å². The Morgan fingerprint density at radius 3 is 2.41 bits per heavy atom. The number of halogens is 1. The maximum atomic E-state index is 12.6. The van der Waals surface area contributed by atoms with Gasteiger partial charge in [0.2, 0.25) is 0 Å². The van der Waals surface area contributed by atoms with Gasteiger partial charge in [-0.15, -0.1) is 5.10 Å². The molecule has 1 heterocycles. The Morgan fingerprint density at radius 2 is 1.80 bits per heavy atom. The van der Waals surface area contributed by atoms with Crippen molar-refractivity contribution in [2.75, 3.05) is 16.8 Å². The summed E-state index contributed by atoms with van der Waals surface area (Å²) < 4.78 is 0. The summed E-state index contributed by atoms with van der Waals surface area (Å²) in [6.45, 7) is -0.240. The summed E-state index contributed by atoms with van der Waals surface area (Å²) in [6, 6.07) is 21.7. The van der Waals surface area contributed by atoms with Crippen LogP contribution < -0.4 is 10.2 Å². The van der Waals surface area contributed by atoms with Crippen LogP contribution in [0.5, 0.6) is 0 Å². The highest BCUT2D eigenvalue weighted by atomic mass is 35.5. The SMILES string of the molecule is O=C(Nc1nn[nH]n1)c1ccc(CN(C(C[N+](=O)[O-])=NC(C=S)c2ccc(Cl)cc2)c2ccc(C3CCCCC3)cc2)cc1. The molecule has 44 heavy (non-hydrogen) atoms. The summed E-state index contributed by atoms with van der Waals surface area (Å²) in [5.41, 5.74) is 4.03. The molecule has 4 aromatic rings. The van der Waals surface area contributed by atoms with E-state index in [0.717, 1.165) is 16.8 Å². The third-order valence-corrected chi connectivity index (χ3v) is 8.13. The lowest BCUT2D eigenvalue weighted by Gasteiger charge is -2.27. The van der Waals surface area contributed by atoms with E-state index in [0.29, 0.717) is 16.5 Å². The number of hydrogen-bond acceptors (Lipinski definition) is 8. The van der Waals surface area contributed by atoms with Gasteiger partial charge < -0.3 is 4.90 Å². The second-order valence-electron chi connectivity index (χ2n) is 10.6. The molecule has 1 aliphatic rings. The number of anilines is 2. The number of benzene rings is 3. The second-order valence-corrected chi connectivity index (χ2v) is 11.3.